The molecule has 0 amide bonds. The van der Waals surface area contributed by atoms with Crippen LogP contribution in [0.15, 0.2) is 30.6 Å². The van der Waals surface area contributed by atoms with Gasteiger partial charge >= 0.3 is 17.9 Å². The largest absolute Gasteiger partial charge is 0.474 e. The first-order valence-electron chi connectivity index (χ1n) is 9.95. The fraction of sp³-hybridized carbons (Fsp3) is 0.364. The van der Waals surface area contributed by atoms with Gasteiger partial charge in [-0.2, -0.15) is 0 Å². The second-order valence-corrected chi connectivity index (χ2v) is 8.40. The Bertz CT molecular complexity index is 1080. The summed E-state index contributed by atoms with van der Waals surface area (Å²) in [5.41, 5.74) is -1.48. The average molecular weight is 499 g/mol. The van der Waals surface area contributed by atoms with Crippen molar-refractivity contribution in [3.8, 4) is 16.9 Å². The standard InChI is InChI=1S/C22H20F3NO7S/c1-10(27)30-18-9-34-22(21(32-12(3)29)20(18)31-11(2)28)33-15-4-13(7-26-8-15)19-16(24)5-14(23)6-17(19)25/h4-8,18,20-22H,9H2,1-3H3/t18-,20+,21-,22-/m1/s1. The third-order valence-electron chi connectivity index (χ3n) is 4.57. The van der Waals surface area contributed by atoms with Gasteiger partial charge in [0.1, 0.15) is 23.2 Å². The van der Waals surface area contributed by atoms with Crippen LogP contribution in [0.25, 0.3) is 11.1 Å². The lowest BCUT2D eigenvalue weighted by Crippen LogP contribution is -2.55. The van der Waals surface area contributed by atoms with Crippen LogP contribution in [0.2, 0.25) is 0 Å². The lowest BCUT2D eigenvalue weighted by Gasteiger charge is -2.39. The van der Waals surface area contributed by atoms with Gasteiger partial charge in [0.05, 0.1) is 11.8 Å². The summed E-state index contributed by atoms with van der Waals surface area (Å²) in [7, 11) is 0. The zero-order chi connectivity index (χ0) is 25.0. The number of pyridine rings is 1. The normalized spacial score (nSPS) is 21.9. The van der Waals surface area contributed by atoms with Crippen LogP contribution in [0.4, 0.5) is 13.2 Å². The molecular weight excluding hydrogens is 479 g/mol. The Morgan fingerprint density at radius 2 is 1.47 bits per heavy atom. The molecule has 0 unspecified atom stereocenters. The highest BCUT2D eigenvalue weighted by Crippen LogP contribution is 2.35. The molecule has 2 heterocycles. The zero-order valence-corrected chi connectivity index (χ0v) is 19.1. The number of carbonyl (C=O) groups is 3. The predicted octanol–water partition coefficient (Wildman–Crippen LogP) is 3.41. The fourth-order valence-electron chi connectivity index (χ4n) is 3.38. The Balaban J connectivity index is 1.91. The number of halogens is 3. The van der Waals surface area contributed by atoms with Crippen LogP contribution < -0.4 is 4.74 Å². The summed E-state index contributed by atoms with van der Waals surface area (Å²) in [6.07, 6.45) is -0.843. The summed E-state index contributed by atoms with van der Waals surface area (Å²) in [5.74, 6) is -5.17. The van der Waals surface area contributed by atoms with Crippen LogP contribution in [0, 0.1) is 17.5 Å². The predicted molar refractivity (Wildman–Crippen MR) is 113 cm³/mol. The highest BCUT2D eigenvalue weighted by atomic mass is 32.2. The number of nitrogens with zero attached hydrogens (tertiary/aromatic N) is 1. The molecule has 1 aromatic carbocycles. The quantitative estimate of drug-likeness (QED) is 0.437. The second-order valence-electron chi connectivity index (χ2n) is 7.27. The second kappa shape index (κ2) is 10.8. The highest BCUT2D eigenvalue weighted by molar-refractivity contribution is 7.99. The van der Waals surface area contributed by atoms with Crippen molar-refractivity contribution in [2.45, 2.75) is 44.5 Å². The molecule has 1 aliphatic heterocycles. The molecule has 1 aliphatic rings. The highest BCUT2D eigenvalue weighted by Gasteiger charge is 2.47. The number of ether oxygens (including phenoxy) is 4. The molecule has 2 aromatic rings. The van der Waals surface area contributed by atoms with Gasteiger partial charge in [-0.1, -0.05) is 0 Å². The van der Waals surface area contributed by atoms with E-state index in [1.54, 1.807) is 0 Å². The Morgan fingerprint density at radius 1 is 0.882 bits per heavy atom. The van der Waals surface area contributed by atoms with Gasteiger partial charge in [-0.25, -0.2) is 13.2 Å². The molecule has 0 radical (unpaired) electrons. The number of benzene rings is 1. The Hall–Kier alpha value is -3.28. The van der Waals surface area contributed by atoms with Gasteiger partial charge in [-0.05, 0) is 6.07 Å². The minimum absolute atomic E-state index is 0.0216. The molecule has 182 valence electrons. The summed E-state index contributed by atoms with van der Waals surface area (Å²) < 4.78 is 63.4. The van der Waals surface area contributed by atoms with E-state index < -0.39 is 64.7 Å². The van der Waals surface area contributed by atoms with E-state index in [0.717, 1.165) is 25.6 Å². The summed E-state index contributed by atoms with van der Waals surface area (Å²) in [6, 6.07) is 2.35. The number of thioether (sulfide) groups is 1. The molecule has 0 aliphatic carbocycles. The molecule has 3 rings (SSSR count). The zero-order valence-electron chi connectivity index (χ0n) is 18.3. The van der Waals surface area contributed by atoms with Crippen LogP contribution in [-0.4, -0.2) is 52.4 Å². The number of carbonyl (C=O) groups excluding carboxylic acids is 3. The third kappa shape index (κ3) is 6.19. The van der Waals surface area contributed by atoms with Crippen molar-refractivity contribution < 1.29 is 46.5 Å². The molecule has 1 fully saturated rings. The van der Waals surface area contributed by atoms with Crippen LogP contribution in [0.3, 0.4) is 0 Å². The van der Waals surface area contributed by atoms with Crippen molar-refractivity contribution in [3.05, 3.63) is 48.0 Å². The van der Waals surface area contributed by atoms with Gasteiger partial charge < -0.3 is 18.9 Å². The topological polar surface area (TPSA) is 101 Å². The van der Waals surface area contributed by atoms with Gasteiger partial charge in [0.15, 0.2) is 23.7 Å². The minimum atomic E-state index is -1.19. The molecule has 0 saturated carbocycles. The summed E-state index contributed by atoms with van der Waals surface area (Å²) in [5, 5.41) is 0. The lowest BCUT2D eigenvalue weighted by molar-refractivity contribution is -0.186. The van der Waals surface area contributed by atoms with E-state index in [9.17, 15) is 27.6 Å². The minimum Gasteiger partial charge on any atom is -0.474 e. The average Bonchev–Trinajstić information content (AvgIpc) is 2.71. The van der Waals surface area contributed by atoms with Gasteiger partial charge in [0, 0.05) is 50.4 Å². The molecule has 34 heavy (non-hydrogen) atoms. The van der Waals surface area contributed by atoms with E-state index in [0.29, 0.717) is 12.1 Å². The summed E-state index contributed by atoms with van der Waals surface area (Å²) >= 11 is 1.11. The van der Waals surface area contributed by atoms with Crippen molar-refractivity contribution >= 4 is 29.7 Å². The first kappa shape index (κ1) is 25.3. The fourth-order valence-corrected chi connectivity index (χ4v) is 4.60. The number of esters is 3. The maximum atomic E-state index is 14.2. The number of aromatic nitrogens is 1. The Kier molecular flexibility index (Phi) is 8.02. The number of rotatable bonds is 6. The Morgan fingerprint density at radius 3 is 2.06 bits per heavy atom. The first-order chi connectivity index (χ1) is 16.0. The molecule has 1 aromatic heterocycles. The molecule has 12 heteroatoms. The van der Waals surface area contributed by atoms with Crippen LogP contribution in [-0.2, 0) is 28.6 Å². The molecule has 0 bridgehead atoms. The van der Waals surface area contributed by atoms with E-state index in [-0.39, 0.29) is 17.1 Å². The molecule has 1 saturated heterocycles. The van der Waals surface area contributed by atoms with Gasteiger partial charge in [-0.15, -0.1) is 11.8 Å². The monoisotopic (exact) mass is 499 g/mol. The maximum absolute atomic E-state index is 14.2. The SMILES string of the molecule is CC(=O)O[C@@H]1[C@@H](OC(C)=O)[C@H](OC(C)=O)CS[C@H]1Oc1cncc(-c2c(F)cc(F)cc2F)c1. The molecule has 8 nitrogen and oxygen atoms in total. The van der Waals surface area contributed by atoms with Crippen molar-refractivity contribution in [2.24, 2.45) is 0 Å². The van der Waals surface area contributed by atoms with E-state index in [1.807, 2.05) is 0 Å². The van der Waals surface area contributed by atoms with Gasteiger partial charge in [0.25, 0.3) is 0 Å². The van der Waals surface area contributed by atoms with Gasteiger partial charge in [-0.3, -0.25) is 19.4 Å². The van der Waals surface area contributed by atoms with E-state index >= 15 is 0 Å². The number of hydrogen-bond acceptors (Lipinski definition) is 9. The molecule has 0 spiro atoms. The Labute approximate surface area is 196 Å². The third-order valence-corrected chi connectivity index (χ3v) is 5.78. The maximum Gasteiger partial charge on any atom is 0.303 e. The smallest absolute Gasteiger partial charge is 0.303 e. The van der Waals surface area contributed by atoms with Gasteiger partial charge in [0.2, 0.25) is 0 Å². The molecule has 0 N–H and O–H groups in total. The first-order valence-corrected chi connectivity index (χ1v) is 11.0. The van der Waals surface area contributed by atoms with Crippen molar-refractivity contribution in [3.63, 3.8) is 0 Å². The summed E-state index contributed by atoms with van der Waals surface area (Å²) in [4.78, 5) is 38.8. The molecule has 4 atom stereocenters. The van der Waals surface area contributed by atoms with Crippen LogP contribution in [0.5, 0.6) is 5.75 Å². The van der Waals surface area contributed by atoms with E-state index in [1.165, 1.54) is 25.4 Å². The van der Waals surface area contributed by atoms with Crippen molar-refractivity contribution in [1.29, 1.82) is 0 Å². The van der Waals surface area contributed by atoms with Crippen molar-refractivity contribution in [1.82, 2.24) is 4.98 Å². The van der Waals surface area contributed by atoms with Crippen molar-refractivity contribution in [2.75, 3.05) is 5.75 Å². The van der Waals surface area contributed by atoms with Crippen LogP contribution >= 0.6 is 11.8 Å². The lowest BCUT2D eigenvalue weighted by atomic mass is 10.1. The van der Waals surface area contributed by atoms with E-state index in [4.69, 9.17) is 18.9 Å². The number of hydrogen-bond donors (Lipinski definition) is 0. The summed E-state index contributed by atoms with van der Waals surface area (Å²) in [6.45, 7) is 3.47. The molecular formula is C22H20F3NO7S. The van der Waals surface area contributed by atoms with E-state index in [2.05, 4.69) is 4.98 Å². The van der Waals surface area contributed by atoms with Crippen LogP contribution in [0.1, 0.15) is 20.8 Å².